The molecule has 1 aromatic heterocycles. The van der Waals surface area contributed by atoms with Crippen LogP contribution in [0.4, 0.5) is 5.82 Å². The SMILES string of the molecule is C.N#Cc1c(C2CCCNC2)cc(-c2ccc(O)cc2O)nc1N. The largest absolute Gasteiger partial charge is 0.508 e. The summed E-state index contributed by atoms with van der Waals surface area (Å²) in [6, 6.07) is 8.28. The van der Waals surface area contributed by atoms with E-state index in [-0.39, 0.29) is 30.7 Å². The first-order valence-corrected chi connectivity index (χ1v) is 7.53. The monoisotopic (exact) mass is 326 g/mol. The van der Waals surface area contributed by atoms with Crippen LogP contribution in [0.5, 0.6) is 11.5 Å². The van der Waals surface area contributed by atoms with Gasteiger partial charge < -0.3 is 21.3 Å². The van der Waals surface area contributed by atoms with Crippen molar-refractivity contribution in [3.05, 3.63) is 35.4 Å². The Morgan fingerprint density at radius 3 is 2.71 bits per heavy atom. The van der Waals surface area contributed by atoms with Crippen LogP contribution in [0.1, 0.15) is 37.3 Å². The molecule has 0 spiro atoms. The maximum absolute atomic E-state index is 10.0. The molecular formula is C18H22N4O2. The van der Waals surface area contributed by atoms with Gasteiger partial charge >= 0.3 is 0 Å². The van der Waals surface area contributed by atoms with Crippen LogP contribution in [0.25, 0.3) is 11.3 Å². The first kappa shape index (κ1) is 17.6. The number of nitrogens with two attached hydrogens (primary N) is 1. The fraction of sp³-hybridized carbons (Fsp3) is 0.333. The van der Waals surface area contributed by atoms with E-state index < -0.39 is 0 Å². The quantitative estimate of drug-likeness (QED) is 0.674. The van der Waals surface area contributed by atoms with Crippen molar-refractivity contribution in [1.29, 1.82) is 5.26 Å². The minimum atomic E-state index is -0.0747. The lowest BCUT2D eigenvalue weighted by molar-refractivity contribution is 0.451. The molecule has 1 aromatic carbocycles. The van der Waals surface area contributed by atoms with Gasteiger partial charge in [0.1, 0.15) is 23.4 Å². The van der Waals surface area contributed by atoms with Crippen LogP contribution in [0.3, 0.4) is 0 Å². The van der Waals surface area contributed by atoms with Crippen LogP contribution in [-0.2, 0) is 0 Å². The molecule has 1 aliphatic heterocycles. The molecule has 1 fully saturated rings. The molecule has 5 N–H and O–H groups in total. The van der Waals surface area contributed by atoms with Crippen LogP contribution in [-0.4, -0.2) is 28.3 Å². The first-order valence-electron chi connectivity index (χ1n) is 7.53. The average Bonchev–Trinajstić information content (AvgIpc) is 2.55. The Kier molecular flexibility index (Phi) is 5.27. The highest BCUT2D eigenvalue weighted by molar-refractivity contribution is 5.72. The predicted octanol–water partition coefficient (Wildman–Crippen LogP) is 2.72. The van der Waals surface area contributed by atoms with Crippen LogP contribution in [0.2, 0.25) is 0 Å². The summed E-state index contributed by atoms with van der Waals surface area (Å²) in [6.07, 6.45) is 2.02. The minimum Gasteiger partial charge on any atom is -0.508 e. The summed E-state index contributed by atoms with van der Waals surface area (Å²) in [6.45, 7) is 1.77. The number of aromatic hydroxyl groups is 2. The third-order valence-electron chi connectivity index (χ3n) is 4.18. The molecule has 1 unspecified atom stereocenters. The Hall–Kier alpha value is -2.78. The normalized spacial score (nSPS) is 16.9. The van der Waals surface area contributed by atoms with E-state index in [0.29, 0.717) is 16.8 Å². The van der Waals surface area contributed by atoms with E-state index in [9.17, 15) is 15.5 Å². The highest BCUT2D eigenvalue weighted by Gasteiger charge is 2.22. The molecule has 1 atom stereocenters. The molecule has 24 heavy (non-hydrogen) atoms. The van der Waals surface area contributed by atoms with Gasteiger partial charge in [-0.15, -0.1) is 0 Å². The van der Waals surface area contributed by atoms with Crippen molar-refractivity contribution in [2.24, 2.45) is 0 Å². The van der Waals surface area contributed by atoms with Crippen molar-refractivity contribution >= 4 is 5.82 Å². The molecule has 6 heteroatoms. The molecule has 2 heterocycles. The van der Waals surface area contributed by atoms with Crippen molar-refractivity contribution < 1.29 is 10.2 Å². The second-order valence-electron chi connectivity index (χ2n) is 5.71. The van der Waals surface area contributed by atoms with E-state index in [4.69, 9.17) is 5.73 Å². The Balaban J connectivity index is 0.00000208. The number of nitrogen functional groups attached to an aromatic ring is 1. The standard InChI is InChI=1S/C17H18N4O2.CH4/c18-8-14-13(10-2-1-5-20-9-10)7-15(21-17(14)19)12-4-3-11(22)6-16(12)23;/h3-4,6-7,10,20,22-23H,1-2,5,9H2,(H2,19,21);1H4. The van der Waals surface area contributed by atoms with Gasteiger partial charge in [0.15, 0.2) is 0 Å². The number of phenols is 2. The average molecular weight is 326 g/mol. The molecule has 126 valence electrons. The summed E-state index contributed by atoms with van der Waals surface area (Å²) in [5, 5.41) is 32.2. The maximum Gasteiger partial charge on any atom is 0.142 e. The zero-order chi connectivity index (χ0) is 16.4. The highest BCUT2D eigenvalue weighted by Crippen LogP contribution is 2.36. The van der Waals surface area contributed by atoms with Crippen LogP contribution in [0, 0.1) is 11.3 Å². The van der Waals surface area contributed by atoms with Crippen molar-refractivity contribution in [2.45, 2.75) is 26.2 Å². The third-order valence-corrected chi connectivity index (χ3v) is 4.18. The molecule has 6 nitrogen and oxygen atoms in total. The fourth-order valence-corrected chi connectivity index (χ4v) is 3.02. The Morgan fingerprint density at radius 2 is 2.08 bits per heavy atom. The lowest BCUT2D eigenvalue weighted by Gasteiger charge is -2.24. The van der Waals surface area contributed by atoms with Crippen molar-refractivity contribution in [3.63, 3.8) is 0 Å². The van der Waals surface area contributed by atoms with E-state index in [1.165, 1.54) is 12.1 Å². The van der Waals surface area contributed by atoms with Gasteiger partial charge in [-0.1, -0.05) is 7.43 Å². The topological polar surface area (TPSA) is 115 Å². The lowest BCUT2D eigenvalue weighted by Crippen LogP contribution is -2.29. The molecule has 0 bridgehead atoms. The van der Waals surface area contributed by atoms with Gasteiger partial charge in [-0.3, -0.25) is 0 Å². The molecule has 1 aliphatic rings. The Labute approximate surface area is 141 Å². The smallest absolute Gasteiger partial charge is 0.142 e. The molecule has 0 saturated carbocycles. The molecule has 0 radical (unpaired) electrons. The van der Waals surface area contributed by atoms with E-state index in [1.54, 1.807) is 6.07 Å². The number of pyridine rings is 1. The predicted molar refractivity (Wildman–Crippen MR) is 93.7 cm³/mol. The summed E-state index contributed by atoms with van der Waals surface area (Å²) >= 11 is 0. The second kappa shape index (κ2) is 7.20. The summed E-state index contributed by atoms with van der Waals surface area (Å²) in [4.78, 5) is 4.25. The van der Waals surface area contributed by atoms with Crippen molar-refractivity contribution in [1.82, 2.24) is 10.3 Å². The number of hydrogen-bond acceptors (Lipinski definition) is 6. The van der Waals surface area contributed by atoms with E-state index >= 15 is 0 Å². The maximum atomic E-state index is 10.0. The molecule has 2 aromatic rings. The number of anilines is 1. The second-order valence-corrected chi connectivity index (χ2v) is 5.71. The highest BCUT2D eigenvalue weighted by atomic mass is 16.3. The molecule has 0 aliphatic carbocycles. The zero-order valence-corrected chi connectivity index (χ0v) is 12.6. The van der Waals surface area contributed by atoms with Crippen molar-refractivity contribution in [3.8, 4) is 28.8 Å². The van der Waals surface area contributed by atoms with Gasteiger partial charge in [-0.2, -0.15) is 5.26 Å². The summed E-state index contributed by atoms with van der Waals surface area (Å²) < 4.78 is 0. The number of nitrogens with one attached hydrogen (secondary N) is 1. The number of hydrogen-bond donors (Lipinski definition) is 4. The van der Waals surface area contributed by atoms with Crippen LogP contribution in [0.15, 0.2) is 24.3 Å². The summed E-state index contributed by atoms with van der Waals surface area (Å²) in [5.74, 6) is 0.263. The number of benzene rings is 1. The molecular weight excluding hydrogens is 304 g/mol. The molecule has 1 saturated heterocycles. The number of rotatable bonds is 2. The van der Waals surface area contributed by atoms with E-state index in [2.05, 4.69) is 16.4 Å². The summed E-state index contributed by atoms with van der Waals surface area (Å²) in [7, 11) is 0. The Bertz CT molecular complexity index is 777. The summed E-state index contributed by atoms with van der Waals surface area (Å²) in [5.41, 5.74) is 8.21. The number of nitrogens with zero attached hydrogens (tertiary/aromatic N) is 2. The number of phenolic OH excluding ortho intramolecular Hbond substituents is 2. The van der Waals surface area contributed by atoms with Crippen LogP contribution < -0.4 is 11.1 Å². The number of aromatic nitrogens is 1. The Morgan fingerprint density at radius 1 is 1.29 bits per heavy atom. The third kappa shape index (κ3) is 3.26. The minimum absolute atomic E-state index is 0. The van der Waals surface area contributed by atoms with Crippen LogP contribution >= 0.6 is 0 Å². The zero-order valence-electron chi connectivity index (χ0n) is 12.6. The van der Waals surface area contributed by atoms with Gasteiger partial charge in [0.2, 0.25) is 0 Å². The molecule has 3 rings (SSSR count). The van der Waals surface area contributed by atoms with Gasteiger partial charge in [0.05, 0.1) is 11.3 Å². The fourth-order valence-electron chi connectivity index (χ4n) is 3.02. The number of piperidine rings is 1. The van der Waals surface area contributed by atoms with E-state index in [1.807, 2.05) is 6.07 Å². The lowest BCUT2D eigenvalue weighted by atomic mass is 9.88. The molecule has 0 amide bonds. The van der Waals surface area contributed by atoms with Crippen molar-refractivity contribution in [2.75, 3.05) is 18.8 Å². The van der Waals surface area contributed by atoms with Gasteiger partial charge in [-0.05, 0) is 49.1 Å². The van der Waals surface area contributed by atoms with E-state index in [0.717, 1.165) is 31.5 Å². The number of nitriles is 1. The van der Waals surface area contributed by atoms with Gasteiger partial charge in [-0.25, -0.2) is 4.98 Å². The van der Waals surface area contributed by atoms with Gasteiger partial charge in [0, 0.05) is 18.2 Å². The van der Waals surface area contributed by atoms with Gasteiger partial charge in [0.25, 0.3) is 0 Å². The first-order chi connectivity index (χ1) is 11.1.